The lowest BCUT2D eigenvalue weighted by Gasteiger charge is -2.31. The second kappa shape index (κ2) is 12.5. The van der Waals surface area contributed by atoms with Crippen LogP contribution in [0.15, 0.2) is 90.2 Å². The molecule has 0 bridgehead atoms. The number of aliphatic hydroxyl groups is 1. The van der Waals surface area contributed by atoms with Crippen molar-refractivity contribution < 1.29 is 23.5 Å². The van der Waals surface area contributed by atoms with E-state index in [1.807, 2.05) is 85.8 Å². The normalized spacial score (nSPS) is 24.0. The van der Waals surface area contributed by atoms with Gasteiger partial charge in [0.15, 0.2) is 5.60 Å². The third kappa shape index (κ3) is 5.47. The lowest BCUT2D eigenvalue weighted by molar-refractivity contribution is -0.145. The molecule has 1 saturated heterocycles. The molecule has 1 aromatic heterocycles. The first-order valence-electron chi connectivity index (χ1n) is 16.5. The number of para-hydroxylation sites is 1. The summed E-state index contributed by atoms with van der Waals surface area (Å²) in [6.07, 6.45) is 2.84. The van der Waals surface area contributed by atoms with Crippen LogP contribution in [0.2, 0.25) is 18.6 Å². The summed E-state index contributed by atoms with van der Waals surface area (Å²) in [6, 6.07) is 24.7. The maximum absolute atomic E-state index is 16.4. The van der Waals surface area contributed by atoms with Crippen molar-refractivity contribution in [2.45, 2.75) is 69.5 Å². The van der Waals surface area contributed by atoms with Crippen molar-refractivity contribution >= 4 is 43.0 Å². The first-order valence-corrected chi connectivity index (χ1v) is 19.4. The van der Waals surface area contributed by atoms with Gasteiger partial charge in [-0.3, -0.25) is 19.2 Å². The maximum atomic E-state index is 16.4. The molecule has 12 heteroatoms. The molecule has 0 radical (unpaired) electrons. The van der Waals surface area contributed by atoms with Gasteiger partial charge in [-0.25, -0.2) is 5.01 Å². The Kier molecular flexibility index (Phi) is 8.34. The van der Waals surface area contributed by atoms with Crippen LogP contribution in [0.1, 0.15) is 43.0 Å². The molecule has 0 aliphatic carbocycles. The van der Waals surface area contributed by atoms with Crippen molar-refractivity contribution in [1.29, 1.82) is 0 Å². The topological polar surface area (TPSA) is 113 Å². The largest absolute Gasteiger partial charge is 0.396 e. The molecule has 2 amide bonds. The van der Waals surface area contributed by atoms with Gasteiger partial charge in [0.05, 0.1) is 28.9 Å². The van der Waals surface area contributed by atoms with Crippen LogP contribution in [0, 0.1) is 5.92 Å². The number of benzene rings is 3. The van der Waals surface area contributed by atoms with Gasteiger partial charge in [0.1, 0.15) is 0 Å². The summed E-state index contributed by atoms with van der Waals surface area (Å²) in [5.41, 5.74) is 2.88. The van der Waals surface area contributed by atoms with Crippen LogP contribution in [0.3, 0.4) is 0 Å². The van der Waals surface area contributed by atoms with Gasteiger partial charge < -0.3 is 14.0 Å². The third-order valence-electron chi connectivity index (χ3n) is 9.85. The molecular weight excluding hydrogens is 628 g/mol. The molecule has 0 saturated carbocycles. The summed E-state index contributed by atoms with van der Waals surface area (Å²) in [5, 5.41) is 23.8. The molecule has 48 heavy (non-hydrogen) atoms. The predicted molar refractivity (Wildman–Crippen MR) is 183 cm³/mol. The Morgan fingerprint density at radius 3 is 2.44 bits per heavy atom. The Bertz CT molecular complexity index is 1860. The smallest absolute Gasteiger partial charge is 0.268 e. The number of ether oxygens (including phenoxy) is 1. The van der Waals surface area contributed by atoms with E-state index < -0.39 is 31.6 Å². The average molecular weight is 667 g/mol. The Labute approximate surface area is 280 Å². The fraction of sp³-hybridized carbons (Fsp3) is 0.361. The standard InChI is InChI=1S/C36H39FN6O4Si/c1-24-34(48(2,3)37)32(18-20-41-23-26(19-21-44)38-40-41)47-36(24)29-22-28(14-16-31(29)42(35(36)46)27-12-8-5-9-13-27)43-33(45)17-15-30(39-43)25-10-6-4-7-11-25/h4-14,16,22-24,32,34,44H,15,17-21H2,1-3H3/t24-,32+,34-,36+/m1/s1. The van der Waals surface area contributed by atoms with Gasteiger partial charge in [0.25, 0.3) is 5.91 Å². The molecular formula is C36H39FN6O4Si. The zero-order valence-corrected chi connectivity index (χ0v) is 28.3. The van der Waals surface area contributed by atoms with Crippen LogP contribution in [0.5, 0.6) is 0 Å². The maximum Gasteiger partial charge on any atom is 0.268 e. The number of hydrogen-bond acceptors (Lipinski definition) is 7. The lowest BCUT2D eigenvalue weighted by Crippen LogP contribution is -2.44. The van der Waals surface area contributed by atoms with Gasteiger partial charge in [-0.1, -0.05) is 60.7 Å². The number of amides is 2. The minimum atomic E-state index is -3.41. The van der Waals surface area contributed by atoms with E-state index >= 15 is 4.11 Å². The molecule has 1 fully saturated rings. The second-order valence-corrected chi connectivity index (χ2v) is 17.1. The summed E-state index contributed by atoms with van der Waals surface area (Å²) in [4.78, 5) is 29.9. The van der Waals surface area contributed by atoms with Gasteiger partial charge in [0.2, 0.25) is 14.3 Å². The molecule has 4 heterocycles. The van der Waals surface area contributed by atoms with Gasteiger partial charge in [-0.15, -0.1) is 5.10 Å². The zero-order valence-electron chi connectivity index (χ0n) is 27.3. The van der Waals surface area contributed by atoms with Crippen molar-refractivity contribution in [2.24, 2.45) is 11.0 Å². The molecule has 4 aromatic rings. The van der Waals surface area contributed by atoms with E-state index in [-0.39, 0.29) is 18.4 Å². The molecule has 0 unspecified atom stereocenters. The Morgan fingerprint density at radius 1 is 1.00 bits per heavy atom. The fourth-order valence-electron chi connectivity index (χ4n) is 7.72. The number of rotatable bonds is 9. The minimum Gasteiger partial charge on any atom is -0.396 e. The van der Waals surface area contributed by atoms with Crippen LogP contribution in [0.25, 0.3) is 0 Å². The Balaban J connectivity index is 1.32. The molecule has 248 valence electrons. The van der Waals surface area contributed by atoms with E-state index in [0.29, 0.717) is 60.5 Å². The fourth-order valence-corrected chi connectivity index (χ4v) is 10.3. The lowest BCUT2D eigenvalue weighted by atomic mass is 9.82. The van der Waals surface area contributed by atoms with E-state index in [1.165, 1.54) is 5.01 Å². The van der Waals surface area contributed by atoms with E-state index in [2.05, 4.69) is 10.3 Å². The van der Waals surface area contributed by atoms with Gasteiger partial charge in [0, 0.05) is 61.3 Å². The highest BCUT2D eigenvalue weighted by Crippen LogP contribution is 2.61. The van der Waals surface area contributed by atoms with Crippen molar-refractivity contribution in [2.75, 3.05) is 16.5 Å². The highest BCUT2D eigenvalue weighted by Gasteiger charge is 2.67. The van der Waals surface area contributed by atoms with Crippen LogP contribution in [0.4, 0.5) is 21.2 Å². The van der Waals surface area contributed by atoms with Crippen LogP contribution in [-0.2, 0) is 32.9 Å². The van der Waals surface area contributed by atoms with Crippen LogP contribution in [-0.4, -0.2) is 58.7 Å². The monoisotopic (exact) mass is 666 g/mol. The number of hydrogen-bond donors (Lipinski definition) is 1. The molecule has 3 aliphatic heterocycles. The molecule has 1 N–H and O–H groups in total. The molecule has 3 aliphatic rings. The first-order chi connectivity index (χ1) is 23.1. The Hall–Kier alpha value is -4.52. The number of carbonyl (C=O) groups is 2. The van der Waals surface area contributed by atoms with E-state index in [9.17, 15) is 14.7 Å². The van der Waals surface area contributed by atoms with Crippen LogP contribution >= 0.6 is 0 Å². The highest BCUT2D eigenvalue weighted by molar-refractivity contribution is 6.72. The van der Waals surface area contributed by atoms with Crippen molar-refractivity contribution in [3.8, 4) is 0 Å². The molecule has 4 atom stereocenters. The SMILES string of the molecule is C[C@@H]1[C@@H]([Si](C)(C)F)[C@H](CCn2cc(CCO)nn2)O[C@@]12C(=O)N(c1ccccc1)c1ccc(N3N=C(c4ccccc4)CCC3=O)cc12. The number of nitrogens with zero attached hydrogens (tertiary/aromatic N) is 6. The van der Waals surface area contributed by atoms with Crippen molar-refractivity contribution in [3.05, 3.63) is 102 Å². The number of aromatic nitrogens is 3. The van der Waals surface area contributed by atoms with E-state index in [4.69, 9.17) is 9.84 Å². The number of halogens is 1. The van der Waals surface area contributed by atoms with Crippen molar-refractivity contribution in [1.82, 2.24) is 15.0 Å². The summed E-state index contributed by atoms with van der Waals surface area (Å²) in [6.45, 7) is 5.66. The highest BCUT2D eigenvalue weighted by atomic mass is 28.4. The first kappa shape index (κ1) is 32.0. The van der Waals surface area contributed by atoms with E-state index in [0.717, 1.165) is 11.3 Å². The van der Waals surface area contributed by atoms with Gasteiger partial charge in [-0.05, 0) is 55.4 Å². The number of fused-ring (bicyclic) bond motifs is 2. The number of hydrazone groups is 1. The number of aliphatic hydroxyl groups excluding tert-OH is 1. The molecule has 1 spiro atoms. The number of anilines is 3. The predicted octanol–water partition coefficient (Wildman–Crippen LogP) is 5.89. The quantitative estimate of drug-likeness (QED) is 0.176. The van der Waals surface area contributed by atoms with Crippen LogP contribution < -0.4 is 9.91 Å². The molecule has 3 aromatic carbocycles. The summed E-state index contributed by atoms with van der Waals surface area (Å²) in [7, 11) is -3.41. The summed E-state index contributed by atoms with van der Waals surface area (Å²) in [5.74, 6) is -0.927. The van der Waals surface area contributed by atoms with Gasteiger partial charge >= 0.3 is 0 Å². The summed E-state index contributed by atoms with van der Waals surface area (Å²) < 4.78 is 25.0. The number of carbonyl (C=O) groups excluding carboxylic acids is 2. The second-order valence-electron chi connectivity index (χ2n) is 13.3. The molecule has 7 rings (SSSR count). The zero-order chi connectivity index (χ0) is 33.6. The van der Waals surface area contributed by atoms with E-state index in [1.54, 1.807) is 28.9 Å². The summed E-state index contributed by atoms with van der Waals surface area (Å²) >= 11 is 0. The average Bonchev–Trinajstić information content (AvgIpc) is 3.73. The van der Waals surface area contributed by atoms with Crippen molar-refractivity contribution in [3.63, 3.8) is 0 Å². The number of aryl methyl sites for hydroxylation is 1. The van der Waals surface area contributed by atoms with Gasteiger partial charge in [-0.2, -0.15) is 5.10 Å². The molecule has 10 nitrogen and oxygen atoms in total. The Morgan fingerprint density at radius 2 is 1.73 bits per heavy atom. The minimum absolute atomic E-state index is 0.0303. The third-order valence-corrected chi connectivity index (χ3v) is 12.3.